The van der Waals surface area contributed by atoms with Crippen molar-refractivity contribution in [2.24, 2.45) is 16.6 Å². The summed E-state index contributed by atoms with van der Waals surface area (Å²) in [6.07, 6.45) is -5.30. The van der Waals surface area contributed by atoms with E-state index in [-0.39, 0.29) is 74.0 Å². The van der Waals surface area contributed by atoms with Gasteiger partial charge in [-0.25, -0.2) is 9.97 Å². The number of nitrogens with zero attached hydrogens (tertiary/aromatic N) is 4. The van der Waals surface area contributed by atoms with E-state index in [1.807, 2.05) is 0 Å². The van der Waals surface area contributed by atoms with E-state index in [1.54, 1.807) is 18.7 Å². The summed E-state index contributed by atoms with van der Waals surface area (Å²) in [6.45, 7) is 3.95. The first-order valence-electron chi connectivity index (χ1n) is 18.8. The van der Waals surface area contributed by atoms with Crippen molar-refractivity contribution in [2.45, 2.75) is 126 Å². The highest BCUT2D eigenvalue weighted by Crippen LogP contribution is 2.30. The second-order valence-electron chi connectivity index (χ2n) is 14.4. The van der Waals surface area contributed by atoms with Crippen LogP contribution in [0.5, 0.6) is 0 Å². The van der Waals surface area contributed by atoms with Crippen LogP contribution in [0.25, 0.3) is 0 Å². The van der Waals surface area contributed by atoms with Crippen LogP contribution in [0.1, 0.15) is 69.3 Å². The number of unbranched alkanes of at least 4 members (excludes halogenated alkanes) is 1. The van der Waals surface area contributed by atoms with Gasteiger partial charge in [-0.1, -0.05) is 24.4 Å². The number of aliphatic hydroxyl groups is 6. The van der Waals surface area contributed by atoms with Crippen LogP contribution in [0.4, 0.5) is 11.6 Å². The van der Waals surface area contributed by atoms with Crippen molar-refractivity contribution >= 4 is 35.1 Å². The van der Waals surface area contributed by atoms with Gasteiger partial charge in [0.25, 0.3) is 5.91 Å². The van der Waals surface area contributed by atoms with Gasteiger partial charge in [-0.3, -0.25) is 20.0 Å². The molecule has 1 aromatic rings. The number of rotatable bonds is 20. The summed E-state index contributed by atoms with van der Waals surface area (Å²) in [6, 6.07) is 0. The summed E-state index contributed by atoms with van der Waals surface area (Å²) in [5, 5.41) is 66.7. The molecule has 20 nitrogen and oxygen atoms in total. The van der Waals surface area contributed by atoms with Crippen LogP contribution in [-0.2, 0) is 23.7 Å². The van der Waals surface area contributed by atoms with E-state index in [1.165, 1.54) is 0 Å². The minimum Gasteiger partial charge on any atom is -0.389 e. The maximum Gasteiger partial charge on any atom is 0.280 e. The van der Waals surface area contributed by atoms with E-state index >= 15 is 0 Å². The van der Waals surface area contributed by atoms with E-state index in [0.29, 0.717) is 12.5 Å². The maximum atomic E-state index is 12.4. The first kappa shape index (κ1) is 45.1. The van der Waals surface area contributed by atoms with Crippen molar-refractivity contribution in [1.29, 1.82) is 0 Å². The van der Waals surface area contributed by atoms with Crippen LogP contribution in [0.2, 0.25) is 5.15 Å². The van der Waals surface area contributed by atoms with Crippen LogP contribution in [0, 0.1) is 5.92 Å². The number of anilines is 2. The third kappa shape index (κ3) is 13.8. The SMILES string of the molecule is C[C@@H]1OC[C@H]([C@H](O)[C@@H](O)[C@H](O)CN(CCOC2CCC(CCCCN=C(N)NC(=O)c3nc(Cl)c(N)nc3N)CC2)C[C@@H](O)[C@H](O)[C@@H](O)[C@H]2CO[C@@H](C)O2)O1. The number of guanidine groups is 1. The number of hydrogen-bond acceptors (Lipinski definition) is 18. The second-order valence-corrected chi connectivity index (χ2v) is 14.7. The van der Waals surface area contributed by atoms with Crippen molar-refractivity contribution in [1.82, 2.24) is 20.2 Å². The number of nitrogens with two attached hydrogens (primary N) is 3. The summed E-state index contributed by atoms with van der Waals surface area (Å²) in [5.41, 5.74) is 16.9. The Morgan fingerprint density at radius 3 is 2.00 bits per heavy atom. The molecule has 1 aliphatic carbocycles. The number of aliphatic hydroxyl groups excluding tert-OH is 6. The normalized spacial score (nSPS) is 28.1. The van der Waals surface area contributed by atoms with Crippen LogP contribution in [-0.4, -0.2) is 171 Å². The number of halogens is 1. The molecule has 2 aliphatic heterocycles. The Kier molecular flexibility index (Phi) is 17.9. The molecule has 55 heavy (non-hydrogen) atoms. The largest absolute Gasteiger partial charge is 0.389 e. The Labute approximate surface area is 325 Å². The van der Waals surface area contributed by atoms with Crippen LogP contribution in [0.15, 0.2) is 4.99 Å². The Hall–Kier alpha value is -2.57. The molecular formula is C34H59ClN8O12. The topological polar surface area (TPSA) is 316 Å². The molecule has 2 saturated heterocycles. The monoisotopic (exact) mass is 806 g/mol. The number of carbonyl (C=O) groups excluding carboxylic acids is 1. The lowest BCUT2D eigenvalue weighted by atomic mass is 9.84. The molecule has 1 amide bonds. The predicted molar refractivity (Wildman–Crippen MR) is 198 cm³/mol. The highest BCUT2D eigenvalue weighted by molar-refractivity contribution is 6.31. The van der Waals surface area contributed by atoms with E-state index < -0.39 is 67.3 Å². The zero-order chi connectivity index (χ0) is 40.2. The Bertz CT molecular complexity index is 1340. The summed E-state index contributed by atoms with van der Waals surface area (Å²) in [7, 11) is 0. The third-order valence-corrected chi connectivity index (χ3v) is 10.4. The summed E-state index contributed by atoms with van der Waals surface area (Å²) in [5.74, 6) is -0.512. The van der Waals surface area contributed by atoms with Gasteiger partial charge in [-0.05, 0) is 51.9 Å². The van der Waals surface area contributed by atoms with Gasteiger partial charge in [-0.2, -0.15) is 0 Å². The van der Waals surface area contributed by atoms with E-state index in [9.17, 15) is 35.4 Å². The molecule has 21 heteroatoms. The highest BCUT2D eigenvalue weighted by atomic mass is 35.5. The molecule has 3 fully saturated rings. The molecule has 3 heterocycles. The van der Waals surface area contributed by atoms with Gasteiger partial charge < -0.3 is 71.5 Å². The summed E-state index contributed by atoms with van der Waals surface area (Å²) in [4.78, 5) is 25.8. The number of nitrogens with one attached hydrogen (secondary N) is 1. The first-order chi connectivity index (χ1) is 26.1. The smallest absolute Gasteiger partial charge is 0.280 e. The van der Waals surface area contributed by atoms with Crippen molar-refractivity contribution in [3.05, 3.63) is 10.8 Å². The minimum atomic E-state index is -1.59. The fraction of sp³-hybridized carbons (Fsp3) is 0.824. The van der Waals surface area contributed by atoms with Gasteiger partial charge in [0.2, 0.25) is 0 Å². The van der Waals surface area contributed by atoms with E-state index in [4.69, 9.17) is 52.5 Å². The Morgan fingerprint density at radius 2 is 1.47 bits per heavy atom. The number of aliphatic imine (C=N–C) groups is 1. The standard InChI is InChI=1S/C34H59ClN8O12/c1-17-52-15-23(54-17)28(48)26(46)21(44)13-43(14-22(45)27(47)29(49)24-16-53-18(2)55-24)11-12-51-20-8-6-19(7-9-20)5-3-4-10-39-34(38)42-33(50)25-31(36)41-32(37)30(35)40-25/h17-24,26-29,44-49H,3-16H2,1-2H3,(H4,36,37,41)(H3,38,39,42,50)/t17-,18-,19?,20?,21-,22-,23-,24-,26+,27+,28+,29+/m1/s1. The molecule has 3 aliphatic rings. The average Bonchev–Trinajstić information content (AvgIpc) is 3.79. The van der Waals surface area contributed by atoms with Gasteiger partial charge in [0.05, 0.1) is 38.1 Å². The molecule has 0 spiro atoms. The minimum absolute atomic E-state index is 0.0125. The van der Waals surface area contributed by atoms with E-state index in [2.05, 4.69) is 20.3 Å². The van der Waals surface area contributed by atoms with Gasteiger partial charge in [0.1, 0.15) is 36.6 Å². The second kappa shape index (κ2) is 21.8. The molecule has 4 rings (SSSR count). The maximum absolute atomic E-state index is 12.4. The third-order valence-electron chi connectivity index (χ3n) is 10.1. The molecule has 0 aromatic carbocycles. The Balaban J connectivity index is 1.18. The van der Waals surface area contributed by atoms with Crippen LogP contribution < -0.4 is 22.5 Å². The average molecular weight is 807 g/mol. The molecule has 0 bridgehead atoms. The fourth-order valence-electron chi connectivity index (χ4n) is 6.87. The van der Waals surface area contributed by atoms with Crippen LogP contribution in [0.3, 0.4) is 0 Å². The summed E-state index contributed by atoms with van der Waals surface area (Å²) < 4.78 is 27.7. The lowest BCUT2D eigenvalue weighted by Crippen LogP contribution is -2.53. The molecule has 1 aromatic heterocycles. The Morgan fingerprint density at radius 1 is 0.909 bits per heavy atom. The van der Waals surface area contributed by atoms with E-state index in [0.717, 1.165) is 44.9 Å². The zero-order valence-electron chi connectivity index (χ0n) is 31.4. The number of amides is 1. The lowest BCUT2D eigenvalue weighted by molar-refractivity contribution is -0.136. The number of hydrogen-bond donors (Lipinski definition) is 10. The predicted octanol–water partition coefficient (Wildman–Crippen LogP) is -1.93. The molecule has 1 saturated carbocycles. The molecule has 13 N–H and O–H groups in total. The lowest BCUT2D eigenvalue weighted by Gasteiger charge is -2.34. The summed E-state index contributed by atoms with van der Waals surface area (Å²) >= 11 is 5.83. The van der Waals surface area contributed by atoms with Gasteiger partial charge >= 0.3 is 0 Å². The number of aromatic nitrogens is 2. The molecule has 0 unspecified atom stereocenters. The van der Waals surface area contributed by atoms with Gasteiger partial charge in [0, 0.05) is 26.2 Å². The zero-order valence-corrected chi connectivity index (χ0v) is 32.1. The highest BCUT2D eigenvalue weighted by Gasteiger charge is 2.39. The van der Waals surface area contributed by atoms with Crippen molar-refractivity contribution in [3.8, 4) is 0 Å². The van der Waals surface area contributed by atoms with Crippen molar-refractivity contribution in [2.75, 3.05) is 57.5 Å². The van der Waals surface area contributed by atoms with Crippen LogP contribution >= 0.6 is 11.6 Å². The number of ether oxygens (including phenoxy) is 5. The number of carbonyl (C=O) groups is 1. The molecule has 0 radical (unpaired) electrons. The molecule has 10 atom stereocenters. The van der Waals surface area contributed by atoms with Crippen molar-refractivity contribution in [3.63, 3.8) is 0 Å². The number of nitrogen functional groups attached to an aromatic ring is 2. The van der Waals surface area contributed by atoms with Gasteiger partial charge in [0.15, 0.2) is 41.0 Å². The molecular weight excluding hydrogens is 748 g/mol. The van der Waals surface area contributed by atoms with Crippen molar-refractivity contribution < 1.29 is 59.1 Å². The molecule has 314 valence electrons. The van der Waals surface area contributed by atoms with Gasteiger partial charge in [-0.15, -0.1) is 0 Å². The quantitative estimate of drug-likeness (QED) is 0.0390. The first-order valence-corrected chi connectivity index (χ1v) is 19.2. The fourth-order valence-corrected chi connectivity index (χ4v) is 7.00.